The van der Waals surface area contributed by atoms with Gasteiger partial charge in [0, 0.05) is 30.8 Å². The van der Waals surface area contributed by atoms with Crippen LogP contribution in [0.4, 0.5) is 5.69 Å². The van der Waals surface area contributed by atoms with Crippen LogP contribution in [-0.2, 0) is 9.59 Å². The summed E-state index contributed by atoms with van der Waals surface area (Å²) in [5.74, 6) is -1.15. The number of fused-ring (bicyclic) bond motifs is 1. The van der Waals surface area contributed by atoms with E-state index in [1.54, 1.807) is 25.1 Å². The van der Waals surface area contributed by atoms with Gasteiger partial charge in [0.2, 0.25) is 5.91 Å². The molecule has 0 bridgehead atoms. The second kappa shape index (κ2) is 4.70. The number of carbonyl (C=O) groups excluding carboxylic acids is 1. The lowest BCUT2D eigenvalue weighted by atomic mass is 10.3. The van der Waals surface area contributed by atoms with Crippen molar-refractivity contribution < 1.29 is 19.1 Å². The molecule has 0 saturated heterocycles. The third-order valence-corrected chi connectivity index (χ3v) is 2.14. The molecule has 2 N–H and O–H groups in total. The summed E-state index contributed by atoms with van der Waals surface area (Å²) in [7, 11) is 0. The van der Waals surface area contributed by atoms with E-state index in [-0.39, 0.29) is 0 Å². The van der Waals surface area contributed by atoms with Gasteiger partial charge in [0.25, 0.3) is 0 Å². The molecule has 0 saturated carbocycles. The molecular formula is C12H10N2O4. The Balaban J connectivity index is 2.16. The van der Waals surface area contributed by atoms with Gasteiger partial charge in [-0.05, 0) is 12.1 Å². The Morgan fingerprint density at radius 3 is 2.89 bits per heavy atom. The zero-order valence-corrected chi connectivity index (χ0v) is 9.51. The average Bonchev–Trinajstić information content (AvgIpc) is 2.66. The summed E-state index contributed by atoms with van der Waals surface area (Å²) in [6.07, 6.45) is 1.71. The van der Waals surface area contributed by atoms with Gasteiger partial charge >= 0.3 is 5.97 Å². The smallest absolute Gasteiger partial charge is 0.328 e. The first-order valence-corrected chi connectivity index (χ1v) is 5.14. The predicted octanol–water partition coefficient (Wildman–Crippen LogP) is 1.72. The van der Waals surface area contributed by atoms with E-state index >= 15 is 0 Å². The Bertz CT molecular complexity index is 643. The number of nitrogens with zero attached hydrogens (tertiary/aromatic N) is 1. The van der Waals surface area contributed by atoms with Crippen LogP contribution < -0.4 is 5.32 Å². The van der Waals surface area contributed by atoms with Gasteiger partial charge in [-0.1, -0.05) is 0 Å². The maximum atomic E-state index is 11.4. The summed E-state index contributed by atoms with van der Waals surface area (Å²) >= 11 is 0. The summed E-state index contributed by atoms with van der Waals surface area (Å²) in [5, 5.41) is 10.9. The standard InChI is InChI=1S/C12H10N2O4/c1-7-13-9-3-2-8(6-10(9)18-7)14-11(15)4-5-12(16)17/h2-6H,1H3,(H,14,15)(H,16,17)/b5-4+. The van der Waals surface area contributed by atoms with Gasteiger partial charge in [0.15, 0.2) is 11.5 Å². The van der Waals surface area contributed by atoms with E-state index in [4.69, 9.17) is 9.52 Å². The predicted molar refractivity (Wildman–Crippen MR) is 64.2 cm³/mol. The molecule has 2 aromatic rings. The van der Waals surface area contributed by atoms with Crippen molar-refractivity contribution in [2.24, 2.45) is 0 Å². The van der Waals surface area contributed by atoms with Crippen molar-refractivity contribution in [3.05, 3.63) is 36.2 Å². The first kappa shape index (κ1) is 11.8. The number of oxazole rings is 1. The molecule has 0 fully saturated rings. The lowest BCUT2D eigenvalue weighted by molar-refractivity contribution is -0.131. The van der Waals surface area contributed by atoms with Crippen LogP contribution in [0.5, 0.6) is 0 Å². The van der Waals surface area contributed by atoms with E-state index in [0.717, 1.165) is 12.2 Å². The fraction of sp³-hybridized carbons (Fsp3) is 0.0833. The molecule has 1 amide bonds. The minimum Gasteiger partial charge on any atom is -0.478 e. The number of carboxylic acids is 1. The lowest BCUT2D eigenvalue weighted by Gasteiger charge is -2.00. The van der Waals surface area contributed by atoms with Crippen LogP contribution in [0.2, 0.25) is 0 Å². The monoisotopic (exact) mass is 246 g/mol. The van der Waals surface area contributed by atoms with Crippen LogP contribution in [0.1, 0.15) is 5.89 Å². The van der Waals surface area contributed by atoms with Gasteiger partial charge in [-0.15, -0.1) is 0 Å². The Morgan fingerprint density at radius 1 is 1.39 bits per heavy atom. The van der Waals surface area contributed by atoms with Crippen LogP contribution >= 0.6 is 0 Å². The fourth-order valence-electron chi connectivity index (χ4n) is 1.45. The Kier molecular flexibility index (Phi) is 3.09. The highest BCUT2D eigenvalue weighted by molar-refractivity contribution is 6.02. The SMILES string of the molecule is Cc1nc2ccc(NC(=O)/C=C/C(=O)O)cc2o1. The molecule has 6 heteroatoms. The Morgan fingerprint density at radius 2 is 2.17 bits per heavy atom. The Labute approximate surface area is 102 Å². The van der Waals surface area contributed by atoms with Crippen LogP contribution in [0.15, 0.2) is 34.8 Å². The van der Waals surface area contributed by atoms with Crippen LogP contribution in [0, 0.1) is 6.92 Å². The largest absolute Gasteiger partial charge is 0.478 e. The van der Waals surface area contributed by atoms with E-state index in [0.29, 0.717) is 22.7 Å². The molecule has 0 spiro atoms. The average molecular weight is 246 g/mol. The van der Waals surface area contributed by atoms with Gasteiger partial charge in [-0.25, -0.2) is 9.78 Å². The van der Waals surface area contributed by atoms with Gasteiger partial charge < -0.3 is 14.8 Å². The van der Waals surface area contributed by atoms with Crippen molar-refractivity contribution in [2.75, 3.05) is 5.32 Å². The minimum atomic E-state index is -1.17. The number of benzene rings is 1. The molecule has 0 unspecified atom stereocenters. The molecule has 0 aliphatic rings. The van der Waals surface area contributed by atoms with E-state index in [1.165, 1.54) is 0 Å². The molecule has 1 aromatic heterocycles. The topological polar surface area (TPSA) is 92.4 Å². The van der Waals surface area contributed by atoms with Crippen molar-refractivity contribution in [1.29, 1.82) is 0 Å². The van der Waals surface area contributed by atoms with E-state index in [2.05, 4.69) is 10.3 Å². The number of rotatable bonds is 3. The molecule has 1 aromatic carbocycles. The molecular weight excluding hydrogens is 236 g/mol. The van der Waals surface area contributed by atoms with Crippen molar-refractivity contribution in [2.45, 2.75) is 6.92 Å². The quantitative estimate of drug-likeness (QED) is 0.804. The number of aliphatic carboxylic acids is 1. The molecule has 18 heavy (non-hydrogen) atoms. The summed E-state index contributed by atoms with van der Waals surface area (Å²) in [4.78, 5) is 25.7. The summed E-state index contributed by atoms with van der Waals surface area (Å²) in [6, 6.07) is 5.00. The van der Waals surface area contributed by atoms with Gasteiger partial charge in [0.1, 0.15) is 5.52 Å². The Hall–Kier alpha value is -2.63. The number of amides is 1. The molecule has 1 heterocycles. The first-order valence-electron chi connectivity index (χ1n) is 5.14. The third kappa shape index (κ3) is 2.73. The van der Waals surface area contributed by atoms with Crippen LogP contribution in [0.25, 0.3) is 11.1 Å². The maximum Gasteiger partial charge on any atom is 0.328 e. The zero-order valence-electron chi connectivity index (χ0n) is 9.51. The summed E-state index contributed by atoms with van der Waals surface area (Å²) in [5.41, 5.74) is 1.78. The molecule has 0 radical (unpaired) electrons. The lowest BCUT2D eigenvalue weighted by Crippen LogP contribution is -2.08. The second-order valence-corrected chi connectivity index (χ2v) is 3.58. The fourth-order valence-corrected chi connectivity index (χ4v) is 1.45. The number of carboxylic acid groups (broad SMARTS) is 1. The normalized spacial score (nSPS) is 10.9. The number of hydrogen-bond acceptors (Lipinski definition) is 4. The second-order valence-electron chi connectivity index (χ2n) is 3.58. The van der Waals surface area contributed by atoms with Crippen LogP contribution in [-0.4, -0.2) is 22.0 Å². The summed E-state index contributed by atoms with van der Waals surface area (Å²) < 4.78 is 5.31. The number of aromatic nitrogens is 1. The van der Waals surface area contributed by atoms with E-state index < -0.39 is 11.9 Å². The highest BCUT2D eigenvalue weighted by Crippen LogP contribution is 2.19. The number of carbonyl (C=O) groups is 2. The van der Waals surface area contributed by atoms with Crippen molar-refractivity contribution in [3.8, 4) is 0 Å². The summed E-state index contributed by atoms with van der Waals surface area (Å²) in [6.45, 7) is 1.73. The molecule has 0 aliphatic carbocycles. The van der Waals surface area contributed by atoms with Gasteiger partial charge in [-0.3, -0.25) is 4.79 Å². The maximum absolute atomic E-state index is 11.4. The minimum absolute atomic E-state index is 0.513. The van der Waals surface area contributed by atoms with E-state index in [9.17, 15) is 9.59 Å². The highest BCUT2D eigenvalue weighted by atomic mass is 16.4. The van der Waals surface area contributed by atoms with Crippen LogP contribution in [0.3, 0.4) is 0 Å². The molecule has 2 rings (SSSR count). The number of anilines is 1. The molecule has 6 nitrogen and oxygen atoms in total. The van der Waals surface area contributed by atoms with Crippen molar-refractivity contribution >= 4 is 28.7 Å². The molecule has 0 atom stereocenters. The number of nitrogens with one attached hydrogen (secondary N) is 1. The number of hydrogen-bond donors (Lipinski definition) is 2. The molecule has 0 aliphatic heterocycles. The molecule has 92 valence electrons. The van der Waals surface area contributed by atoms with Gasteiger partial charge in [-0.2, -0.15) is 0 Å². The number of aryl methyl sites for hydroxylation is 1. The van der Waals surface area contributed by atoms with Gasteiger partial charge in [0.05, 0.1) is 0 Å². The van der Waals surface area contributed by atoms with E-state index in [1.807, 2.05) is 0 Å². The third-order valence-electron chi connectivity index (χ3n) is 2.14. The highest BCUT2D eigenvalue weighted by Gasteiger charge is 2.04. The van der Waals surface area contributed by atoms with Crippen molar-refractivity contribution in [3.63, 3.8) is 0 Å². The first-order chi connectivity index (χ1) is 8.54. The van der Waals surface area contributed by atoms with Crippen molar-refractivity contribution in [1.82, 2.24) is 4.98 Å². The zero-order chi connectivity index (χ0) is 13.1.